The van der Waals surface area contributed by atoms with Gasteiger partial charge < -0.3 is 25.3 Å². The van der Waals surface area contributed by atoms with E-state index in [2.05, 4.69) is 67.2 Å². The van der Waals surface area contributed by atoms with Crippen LogP contribution < -0.4 is 20.4 Å². The molecule has 2 N–H and O–H groups in total. The summed E-state index contributed by atoms with van der Waals surface area (Å²) in [6.45, 7) is 14.1. The Morgan fingerprint density at radius 2 is 1.15 bits per heavy atom. The number of likely N-dealkylation sites (N-methyl/N-ethyl adjacent to an activating group) is 1. The van der Waals surface area contributed by atoms with Gasteiger partial charge in [-0.05, 0) is 85.1 Å². The lowest BCUT2D eigenvalue weighted by Crippen LogP contribution is -2.50. The Hall–Kier alpha value is -5.88. The molecule has 10 rings (SSSR count). The number of hydrogen-bond acceptors (Lipinski definition) is 12. The van der Waals surface area contributed by atoms with Crippen molar-refractivity contribution < 1.29 is 26.3 Å². The van der Waals surface area contributed by atoms with Crippen LogP contribution >= 0.6 is 0 Å². The number of alkyl halides is 4. The third-order valence-electron chi connectivity index (χ3n) is 13.6. The summed E-state index contributed by atoms with van der Waals surface area (Å²) >= 11 is 0. The number of rotatable bonds is 10. The number of hydrogen-bond donors (Lipinski definition) is 2. The molecule has 0 saturated carbocycles. The van der Waals surface area contributed by atoms with Crippen LogP contribution in [0.4, 0.5) is 49.6 Å². The van der Waals surface area contributed by atoms with E-state index in [1.54, 1.807) is 40.1 Å². The number of fused-ring (bicyclic) bond motifs is 4. The molecule has 348 valence electrons. The highest BCUT2D eigenvalue weighted by Gasteiger charge is 2.40. The fourth-order valence-corrected chi connectivity index (χ4v) is 10.1. The number of piperazine rings is 1. The molecule has 4 aromatic heterocycles. The van der Waals surface area contributed by atoms with Crippen LogP contribution in [0.3, 0.4) is 0 Å². The Morgan fingerprint density at radius 3 is 1.68 bits per heavy atom. The van der Waals surface area contributed by atoms with E-state index < -0.39 is 47.7 Å². The highest BCUT2D eigenvalue weighted by atomic mass is 19.3. The maximum atomic E-state index is 14.7. The number of halogens is 6. The standard InChI is InChI=1S/2C24H27F3N6/c1-13(16-5-4-6-17(22(16)25)23(26)27)29-24-18-9-21(28-10-19(18)30-14(2)31-24)33-11-15-7-8-32(3)20(15)12-33;1-14(17-6-3-7-18(22(17)25)23(26)27)29-24-19-11-21(28-12-20(19)30-15(2)31-24)33-10-9-32-8-4-5-16(32)13-33/h4-6,9-10,13,15,20,23H,7-8,11-12H2,1-3H3,(H,29,30,31);3,6-7,11-12,14,16,23H,4-5,8-10,13H2,1-2H3,(H,29,30,31)/t13?,15-,20+;14?,16-/m10/s1. The van der Waals surface area contributed by atoms with E-state index in [-0.39, 0.29) is 11.1 Å². The van der Waals surface area contributed by atoms with Gasteiger partial charge in [-0.25, -0.2) is 56.2 Å². The molecule has 2 aromatic carbocycles. The summed E-state index contributed by atoms with van der Waals surface area (Å²) in [7, 11) is 2.17. The molecule has 0 amide bonds. The lowest BCUT2D eigenvalue weighted by Gasteiger charge is -2.38. The van der Waals surface area contributed by atoms with E-state index in [9.17, 15) is 26.3 Å². The summed E-state index contributed by atoms with van der Waals surface area (Å²) in [6, 6.07) is 12.1. The molecule has 5 atom stereocenters. The average Bonchev–Trinajstić information content (AvgIpc) is 4.03. The first kappa shape index (κ1) is 45.3. The van der Waals surface area contributed by atoms with Crippen LogP contribution in [-0.4, -0.2) is 105 Å². The van der Waals surface area contributed by atoms with Gasteiger partial charge in [-0.1, -0.05) is 36.4 Å². The lowest BCUT2D eigenvalue weighted by atomic mass is 10.0. The van der Waals surface area contributed by atoms with Crippen molar-refractivity contribution in [1.82, 2.24) is 39.7 Å². The number of likely N-dealkylation sites (tertiary alicyclic amines) is 1. The summed E-state index contributed by atoms with van der Waals surface area (Å²) in [5, 5.41) is 8.00. The Kier molecular flexibility index (Phi) is 12.9. The van der Waals surface area contributed by atoms with Gasteiger partial charge in [-0.3, -0.25) is 4.90 Å². The predicted molar refractivity (Wildman–Crippen MR) is 244 cm³/mol. The SMILES string of the molecule is Cc1nc(NC(C)c2cccc(C(F)F)c2F)c2cc(N3CCN4CCC[C@H]4C3)ncc2n1.Cc1nc(NC(C)c2cccc(C(F)F)c2F)c2cc(N3C[C@H]4CCN(C)[C@H]4C3)ncc2n1. The number of nitrogens with zero attached hydrogens (tertiary/aromatic N) is 10. The van der Waals surface area contributed by atoms with Gasteiger partial charge in [0.05, 0.1) is 46.6 Å². The summed E-state index contributed by atoms with van der Waals surface area (Å²) in [5.41, 5.74) is 0.510. The largest absolute Gasteiger partial charge is 0.363 e. The zero-order valence-corrected chi connectivity index (χ0v) is 37.6. The molecule has 18 heteroatoms. The van der Waals surface area contributed by atoms with Gasteiger partial charge in [0, 0.05) is 66.7 Å². The van der Waals surface area contributed by atoms with E-state index in [0.29, 0.717) is 52.3 Å². The molecule has 4 fully saturated rings. The molecule has 4 saturated heterocycles. The van der Waals surface area contributed by atoms with Crippen LogP contribution in [0.15, 0.2) is 60.9 Å². The molecule has 12 nitrogen and oxygen atoms in total. The minimum atomic E-state index is -2.87. The van der Waals surface area contributed by atoms with Crippen LogP contribution in [-0.2, 0) is 0 Å². The third-order valence-corrected chi connectivity index (χ3v) is 13.6. The lowest BCUT2D eigenvalue weighted by molar-refractivity contribution is 0.145. The Morgan fingerprint density at radius 1 is 0.621 bits per heavy atom. The van der Waals surface area contributed by atoms with E-state index in [1.807, 2.05) is 12.1 Å². The predicted octanol–water partition coefficient (Wildman–Crippen LogP) is 9.59. The number of aryl methyl sites for hydroxylation is 2. The number of nitrogens with one attached hydrogen (secondary N) is 2. The molecule has 0 radical (unpaired) electrons. The van der Waals surface area contributed by atoms with Crippen molar-refractivity contribution in [3.8, 4) is 0 Å². The average molecular weight is 913 g/mol. The van der Waals surface area contributed by atoms with Crippen LogP contribution in [0.5, 0.6) is 0 Å². The normalized spacial score (nSPS) is 20.8. The molecule has 2 unspecified atom stereocenters. The smallest absolute Gasteiger partial charge is 0.266 e. The first-order valence-electron chi connectivity index (χ1n) is 22.6. The van der Waals surface area contributed by atoms with Gasteiger partial charge >= 0.3 is 0 Å². The van der Waals surface area contributed by atoms with Crippen LogP contribution in [0.2, 0.25) is 0 Å². The molecule has 0 bridgehead atoms. The van der Waals surface area contributed by atoms with Crippen molar-refractivity contribution >= 4 is 45.1 Å². The van der Waals surface area contributed by atoms with Crippen molar-refractivity contribution in [1.29, 1.82) is 0 Å². The fourth-order valence-electron chi connectivity index (χ4n) is 10.1. The van der Waals surface area contributed by atoms with E-state index >= 15 is 0 Å². The number of aromatic nitrogens is 6. The molecule has 66 heavy (non-hydrogen) atoms. The monoisotopic (exact) mass is 912 g/mol. The zero-order valence-electron chi connectivity index (χ0n) is 37.6. The molecule has 6 aromatic rings. The Labute approximate surface area is 379 Å². The molecule has 0 spiro atoms. The molecular formula is C48H54F6N12. The van der Waals surface area contributed by atoms with E-state index in [4.69, 9.17) is 0 Å². The molecule has 4 aliphatic rings. The second kappa shape index (κ2) is 18.8. The topological polar surface area (TPSA) is 114 Å². The first-order chi connectivity index (χ1) is 31.7. The van der Waals surface area contributed by atoms with Gasteiger partial charge in [0.2, 0.25) is 0 Å². The number of anilines is 4. The summed E-state index contributed by atoms with van der Waals surface area (Å²) in [5.74, 6) is 2.75. The van der Waals surface area contributed by atoms with Crippen molar-refractivity contribution in [2.45, 2.75) is 84.0 Å². The molecule has 8 heterocycles. The van der Waals surface area contributed by atoms with Crippen LogP contribution in [0.25, 0.3) is 21.8 Å². The fraction of sp³-hybridized carbons (Fsp3) is 0.458. The Bertz CT molecular complexity index is 2570. The van der Waals surface area contributed by atoms with E-state index in [0.717, 1.165) is 73.8 Å². The molecular weight excluding hydrogens is 859 g/mol. The first-order valence-corrected chi connectivity index (χ1v) is 22.6. The highest BCUT2D eigenvalue weighted by molar-refractivity contribution is 5.91. The van der Waals surface area contributed by atoms with Crippen LogP contribution in [0.1, 0.15) is 91.9 Å². The van der Waals surface area contributed by atoms with Crippen molar-refractivity contribution in [3.05, 3.63) is 106 Å². The maximum absolute atomic E-state index is 14.7. The van der Waals surface area contributed by atoms with E-state index in [1.165, 1.54) is 50.1 Å². The Balaban J connectivity index is 0.000000166. The zero-order chi connectivity index (χ0) is 46.4. The number of benzene rings is 2. The summed E-state index contributed by atoms with van der Waals surface area (Å²) in [6.07, 6.45) is 1.40. The van der Waals surface area contributed by atoms with Gasteiger partial charge in [0.1, 0.15) is 46.6 Å². The summed E-state index contributed by atoms with van der Waals surface area (Å²) < 4.78 is 82.1. The quantitative estimate of drug-likeness (QED) is 0.128. The summed E-state index contributed by atoms with van der Waals surface area (Å²) in [4.78, 5) is 36.9. The van der Waals surface area contributed by atoms with Crippen molar-refractivity contribution in [2.75, 3.05) is 73.3 Å². The second-order valence-corrected chi connectivity index (χ2v) is 18.0. The minimum absolute atomic E-state index is 0.168. The third kappa shape index (κ3) is 9.13. The molecule has 4 aliphatic heterocycles. The second-order valence-electron chi connectivity index (χ2n) is 18.0. The minimum Gasteiger partial charge on any atom is -0.363 e. The molecule has 0 aliphatic carbocycles. The maximum Gasteiger partial charge on any atom is 0.266 e. The van der Waals surface area contributed by atoms with Crippen molar-refractivity contribution in [2.24, 2.45) is 5.92 Å². The van der Waals surface area contributed by atoms with Gasteiger partial charge in [0.15, 0.2) is 0 Å². The number of pyridine rings is 2. The van der Waals surface area contributed by atoms with Crippen molar-refractivity contribution in [3.63, 3.8) is 0 Å². The highest BCUT2D eigenvalue weighted by Crippen LogP contribution is 2.36. The van der Waals surface area contributed by atoms with Crippen LogP contribution in [0, 0.1) is 31.4 Å². The van der Waals surface area contributed by atoms with Gasteiger partial charge in [0.25, 0.3) is 12.9 Å². The van der Waals surface area contributed by atoms with Gasteiger partial charge in [-0.2, -0.15) is 0 Å². The van der Waals surface area contributed by atoms with Gasteiger partial charge in [-0.15, -0.1) is 0 Å².